The molecule has 0 spiro atoms. The highest BCUT2D eigenvalue weighted by atomic mass is 32.2. The minimum absolute atomic E-state index is 0.298. The zero-order valence-corrected chi connectivity index (χ0v) is 18.3. The summed E-state index contributed by atoms with van der Waals surface area (Å²) in [6.07, 6.45) is 0.958. The summed E-state index contributed by atoms with van der Waals surface area (Å²) >= 11 is 0. The maximum Gasteiger partial charge on any atom is 0.243 e. The van der Waals surface area contributed by atoms with Crippen LogP contribution in [0.1, 0.15) is 24.0 Å². The fourth-order valence-corrected chi connectivity index (χ4v) is 5.83. The molecule has 2 aliphatic rings. The van der Waals surface area contributed by atoms with Crippen molar-refractivity contribution in [2.75, 3.05) is 23.7 Å². The quantitative estimate of drug-likeness (QED) is 0.546. The number of hydrogen-bond acceptors (Lipinski definition) is 5. The third kappa shape index (κ3) is 3.79. The van der Waals surface area contributed by atoms with Crippen LogP contribution in [0.5, 0.6) is 0 Å². The Hall–Kier alpha value is -3.13. The number of anilines is 2. The van der Waals surface area contributed by atoms with Gasteiger partial charge in [-0.15, -0.1) is 0 Å². The summed E-state index contributed by atoms with van der Waals surface area (Å²) in [7, 11) is -3.46. The average Bonchev–Trinajstić information content (AvgIpc) is 3.47. The van der Waals surface area contributed by atoms with Crippen molar-refractivity contribution in [2.24, 2.45) is 0 Å². The van der Waals surface area contributed by atoms with Crippen molar-refractivity contribution in [3.63, 3.8) is 0 Å². The SMILES string of the molecule is O=S(=O)(c1ccc(N/C(=C2/c3ccccc3NC2O)c2ccccc2)cc1)N1CCCC1. The molecular formula is C25H25N3O3S. The number of sulfonamides is 1. The van der Waals surface area contributed by atoms with Crippen molar-refractivity contribution in [3.05, 3.63) is 90.0 Å². The van der Waals surface area contributed by atoms with Gasteiger partial charge in [0.2, 0.25) is 10.0 Å². The van der Waals surface area contributed by atoms with E-state index in [9.17, 15) is 13.5 Å². The van der Waals surface area contributed by atoms with E-state index >= 15 is 0 Å². The van der Waals surface area contributed by atoms with E-state index in [1.54, 1.807) is 28.6 Å². The summed E-state index contributed by atoms with van der Waals surface area (Å²) in [6, 6.07) is 24.4. The summed E-state index contributed by atoms with van der Waals surface area (Å²) in [4.78, 5) is 0.298. The maximum absolute atomic E-state index is 12.8. The molecule has 0 bridgehead atoms. The van der Waals surface area contributed by atoms with Crippen molar-refractivity contribution in [1.82, 2.24) is 4.31 Å². The first-order chi connectivity index (χ1) is 15.5. The molecule has 3 aromatic carbocycles. The molecular weight excluding hydrogens is 422 g/mol. The molecule has 0 radical (unpaired) electrons. The van der Waals surface area contributed by atoms with Crippen LogP contribution in [0.15, 0.2) is 83.8 Å². The zero-order chi connectivity index (χ0) is 22.1. The first kappa shape index (κ1) is 20.8. The molecule has 2 heterocycles. The van der Waals surface area contributed by atoms with Crippen LogP contribution in [0.4, 0.5) is 11.4 Å². The number of nitrogens with one attached hydrogen (secondary N) is 2. The van der Waals surface area contributed by atoms with Crippen LogP contribution in [-0.4, -0.2) is 37.1 Å². The van der Waals surface area contributed by atoms with Crippen molar-refractivity contribution in [3.8, 4) is 0 Å². The van der Waals surface area contributed by atoms with Crippen LogP contribution < -0.4 is 10.6 Å². The molecule has 6 nitrogen and oxygen atoms in total. The van der Waals surface area contributed by atoms with E-state index in [0.717, 1.165) is 46.6 Å². The molecule has 1 saturated heterocycles. The molecule has 3 N–H and O–H groups in total. The van der Waals surface area contributed by atoms with Gasteiger partial charge in [0, 0.05) is 35.6 Å². The molecule has 0 aliphatic carbocycles. The number of hydrogen-bond donors (Lipinski definition) is 3. The van der Waals surface area contributed by atoms with Crippen LogP contribution in [0.2, 0.25) is 0 Å². The van der Waals surface area contributed by atoms with Crippen LogP contribution in [0, 0.1) is 0 Å². The minimum atomic E-state index is -3.46. The second kappa shape index (κ2) is 8.43. The highest BCUT2D eigenvalue weighted by molar-refractivity contribution is 7.89. The number of para-hydroxylation sites is 1. The van der Waals surface area contributed by atoms with Gasteiger partial charge in [0.05, 0.1) is 10.6 Å². The van der Waals surface area contributed by atoms with E-state index in [1.807, 2.05) is 54.6 Å². The van der Waals surface area contributed by atoms with Gasteiger partial charge >= 0.3 is 0 Å². The number of aliphatic hydroxyl groups excluding tert-OH is 1. The summed E-state index contributed by atoms with van der Waals surface area (Å²) in [5.74, 6) is 0. The van der Waals surface area contributed by atoms with Gasteiger partial charge in [-0.1, -0.05) is 48.5 Å². The molecule has 0 amide bonds. The van der Waals surface area contributed by atoms with Gasteiger partial charge in [-0.25, -0.2) is 8.42 Å². The summed E-state index contributed by atoms with van der Waals surface area (Å²) in [5.41, 5.74) is 4.99. The van der Waals surface area contributed by atoms with E-state index in [-0.39, 0.29) is 0 Å². The Morgan fingerprint density at radius 2 is 1.56 bits per heavy atom. The molecule has 3 aromatic rings. The Kier molecular flexibility index (Phi) is 5.46. The smallest absolute Gasteiger partial charge is 0.243 e. The van der Waals surface area contributed by atoms with Crippen LogP contribution in [0.3, 0.4) is 0 Å². The lowest BCUT2D eigenvalue weighted by Crippen LogP contribution is -2.27. The number of fused-ring (bicyclic) bond motifs is 1. The van der Waals surface area contributed by atoms with Gasteiger partial charge in [-0.2, -0.15) is 4.31 Å². The Bertz CT molecular complexity index is 1250. The standard InChI is InChI=1S/C25H25N3O3S/c29-25-23(21-10-4-5-11-22(21)27-25)24(18-8-2-1-3-9-18)26-19-12-14-20(15-13-19)32(30,31)28-16-6-7-17-28/h1-5,8-15,25-27,29H,6-7,16-17H2/b24-23-. The van der Waals surface area contributed by atoms with Crippen LogP contribution >= 0.6 is 0 Å². The number of nitrogens with zero attached hydrogens (tertiary/aromatic N) is 1. The summed E-state index contributed by atoms with van der Waals surface area (Å²) in [5, 5.41) is 17.3. The lowest BCUT2D eigenvalue weighted by Gasteiger charge is -2.19. The van der Waals surface area contributed by atoms with Crippen molar-refractivity contribution >= 4 is 32.7 Å². The summed E-state index contributed by atoms with van der Waals surface area (Å²) in [6.45, 7) is 1.16. The monoisotopic (exact) mass is 447 g/mol. The van der Waals surface area contributed by atoms with E-state index in [2.05, 4.69) is 10.6 Å². The number of aliphatic hydroxyl groups is 1. The van der Waals surface area contributed by atoms with Crippen molar-refractivity contribution in [1.29, 1.82) is 0 Å². The van der Waals surface area contributed by atoms with E-state index in [4.69, 9.17) is 0 Å². The minimum Gasteiger partial charge on any atom is -0.369 e. The second-order valence-electron chi connectivity index (χ2n) is 8.01. The normalized spacial score (nSPS) is 20.0. The van der Waals surface area contributed by atoms with Gasteiger partial charge in [-0.05, 0) is 48.7 Å². The highest BCUT2D eigenvalue weighted by Crippen LogP contribution is 2.39. The molecule has 164 valence electrons. The Labute approximate surface area is 188 Å². The maximum atomic E-state index is 12.8. The van der Waals surface area contributed by atoms with E-state index in [1.165, 1.54) is 0 Å². The van der Waals surface area contributed by atoms with E-state index < -0.39 is 16.3 Å². The molecule has 1 unspecified atom stereocenters. The lowest BCUT2D eigenvalue weighted by molar-refractivity contribution is 0.266. The largest absolute Gasteiger partial charge is 0.369 e. The topological polar surface area (TPSA) is 81.7 Å². The number of benzene rings is 3. The van der Waals surface area contributed by atoms with Gasteiger partial charge < -0.3 is 15.7 Å². The lowest BCUT2D eigenvalue weighted by atomic mass is 9.99. The molecule has 0 saturated carbocycles. The third-order valence-corrected chi connectivity index (χ3v) is 7.85. The second-order valence-corrected chi connectivity index (χ2v) is 9.95. The van der Waals surface area contributed by atoms with Crippen molar-refractivity contribution in [2.45, 2.75) is 24.0 Å². The molecule has 0 aromatic heterocycles. The van der Waals surface area contributed by atoms with Gasteiger partial charge in [0.1, 0.15) is 0 Å². The van der Waals surface area contributed by atoms with Gasteiger partial charge in [0.25, 0.3) is 0 Å². The Morgan fingerprint density at radius 3 is 2.28 bits per heavy atom. The van der Waals surface area contributed by atoms with Crippen molar-refractivity contribution < 1.29 is 13.5 Å². The fourth-order valence-electron chi connectivity index (χ4n) is 4.31. The molecule has 7 heteroatoms. The van der Waals surface area contributed by atoms with Gasteiger partial charge in [-0.3, -0.25) is 0 Å². The molecule has 1 fully saturated rings. The predicted octanol–water partition coefficient (Wildman–Crippen LogP) is 4.20. The summed E-state index contributed by atoms with van der Waals surface area (Å²) < 4.78 is 27.2. The fraction of sp³-hybridized carbons (Fsp3) is 0.200. The molecule has 5 rings (SSSR count). The molecule has 2 aliphatic heterocycles. The highest BCUT2D eigenvalue weighted by Gasteiger charge is 2.29. The van der Waals surface area contributed by atoms with Crippen LogP contribution in [-0.2, 0) is 10.0 Å². The van der Waals surface area contributed by atoms with Crippen LogP contribution in [0.25, 0.3) is 11.3 Å². The van der Waals surface area contributed by atoms with E-state index in [0.29, 0.717) is 18.0 Å². The predicted molar refractivity (Wildman–Crippen MR) is 127 cm³/mol. The first-order valence-corrected chi connectivity index (χ1v) is 12.2. The zero-order valence-electron chi connectivity index (χ0n) is 17.5. The average molecular weight is 448 g/mol. The number of rotatable bonds is 5. The molecule has 1 atom stereocenters. The van der Waals surface area contributed by atoms with Gasteiger partial charge in [0.15, 0.2) is 6.23 Å². The third-order valence-electron chi connectivity index (χ3n) is 5.94. The molecule has 32 heavy (non-hydrogen) atoms. The first-order valence-electron chi connectivity index (χ1n) is 10.7. The Balaban J connectivity index is 1.52. The Morgan fingerprint density at radius 1 is 0.906 bits per heavy atom.